The van der Waals surface area contributed by atoms with Crippen LogP contribution in [0.5, 0.6) is 0 Å². The molecule has 6 nitrogen and oxygen atoms in total. The molecule has 0 amide bonds. The zero-order valence-electron chi connectivity index (χ0n) is 28.8. The predicted molar refractivity (Wildman–Crippen MR) is 182 cm³/mol. The molecule has 0 heterocycles. The van der Waals surface area contributed by atoms with Crippen LogP contribution in [-0.4, -0.2) is 58.0 Å². The molecular formula is C32H69O6PSSi. The third-order valence-electron chi connectivity index (χ3n) is 7.30. The number of hydrogen-bond acceptors (Lipinski definition) is 7. The molecule has 41 heavy (non-hydrogen) atoms. The van der Waals surface area contributed by atoms with E-state index in [-0.39, 0.29) is 17.7 Å². The second-order valence-corrected chi connectivity index (χ2v) is 21.4. The van der Waals surface area contributed by atoms with Crippen LogP contribution >= 0.6 is 19.6 Å². The smallest absolute Gasteiger partial charge is 0.409 e. The van der Waals surface area contributed by atoms with Gasteiger partial charge in [0, 0.05) is 6.61 Å². The average Bonchev–Trinajstić information content (AvgIpc) is 2.86. The van der Waals surface area contributed by atoms with Crippen LogP contribution in [0.1, 0.15) is 139 Å². The quantitative estimate of drug-likeness (QED) is 0.0503. The van der Waals surface area contributed by atoms with Gasteiger partial charge < -0.3 is 9.16 Å². The van der Waals surface area contributed by atoms with E-state index in [1.807, 2.05) is 27.7 Å². The van der Waals surface area contributed by atoms with Crippen molar-refractivity contribution in [2.45, 2.75) is 169 Å². The van der Waals surface area contributed by atoms with Crippen molar-refractivity contribution in [2.75, 3.05) is 37.9 Å². The minimum absolute atomic E-state index is 0.0440. The minimum atomic E-state index is -3.72. The summed E-state index contributed by atoms with van der Waals surface area (Å²) in [7, 11) is -5.80. The topological polar surface area (TPSA) is 63.2 Å². The molecule has 0 bridgehead atoms. The van der Waals surface area contributed by atoms with Gasteiger partial charge >= 0.3 is 7.82 Å². The molecule has 0 N–H and O–H groups in total. The SMILES string of the molecule is CCCCCCCCSCCCCCCCCOCC(COP(=O)(OCCC)OC(C)(C)C)O[Si](C)(C)C(C)(C)C. The number of unbranched alkanes of at least 4 members (excludes halogenated alkanes) is 10. The van der Waals surface area contributed by atoms with E-state index in [1.54, 1.807) is 0 Å². The summed E-state index contributed by atoms with van der Waals surface area (Å²) in [6.07, 6.45) is 16.2. The van der Waals surface area contributed by atoms with Crippen LogP contribution in [-0.2, 0) is 27.3 Å². The van der Waals surface area contributed by atoms with Crippen molar-refractivity contribution in [2.24, 2.45) is 0 Å². The lowest BCUT2D eigenvalue weighted by Crippen LogP contribution is -2.46. The first-order chi connectivity index (χ1) is 19.2. The first kappa shape index (κ1) is 41.6. The van der Waals surface area contributed by atoms with Crippen molar-refractivity contribution >= 4 is 27.9 Å². The first-order valence-corrected chi connectivity index (χ1v) is 22.1. The van der Waals surface area contributed by atoms with Gasteiger partial charge in [0.2, 0.25) is 0 Å². The lowest BCUT2D eigenvalue weighted by molar-refractivity contribution is -0.00736. The molecule has 2 unspecified atom stereocenters. The highest BCUT2D eigenvalue weighted by Crippen LogP contribution is 2.53. The molecule has 0 aromatic rings. The van der Waals surface area contributed by atoms with Crippen LogP contribution in [0.15, 0.2) is 0 Å². The summed E-state index contributed by atoms with van der Waals surface area (Å²) >= 11 is 2.14. The highest BCUT2D eigenvalue weighted by Gasteiger charge is 2.40. The molecule has 0 spiro atoms. The maximum absolute atomic E-state index is 13.3. The second-order valence-electron chi connectivity index (χ2n) is 13.9. The molecule has 0 rings (SSSR count). The van der Waals surface area contributed by atoms with Gasteiger partial charge in [0.05, 0.1) is 31.5 Å². The number of hydrogen-bond donors (Lipinski definition) is 0. The molecule has 0 aromatic carbocycles. The summed E-state index contributed by atoms with van der Waals surface area (Å²) in [5, 5.41) is 0.0440. The van der Waals surface area contributed by atoms with Crippen LogP contribution in [0, 0.1) is 0 Å². The van der Waals surface area contributed by atoms with Gasteiger partial charge in [-0.25, -0.2) is 4.57 Å². The van der Waals surface area contributed by atoms with E-state index >= 15 is 0 Å². The Hall–Kier alpha value is 0.597. The van der Waals surface area contributed by atoms with Crippen LogP contribution in [0.2, 0.25) is 18.1 Å². The molecule has 248 valence electrons. The maximum Gasteiger partial charge on any atom is 0.475 e. The van der Waals surface area contributed by atoms with Gasteiger partial charge in [-0.2, -0.15) is 11.8 Å². The van der Waals surface area contributed by atoms with Gasteiger partial charge in [0.15, 0.2) is 8.32 Å². The van der Waals surface area contributed by atoms with E-state index in [0.29, 0.717) is 19.8 Å². The summed E-state index contributed by atoms with van der Waals surface area (Å²) < 4.78 is 43.2. The Labute approximate surface area is 261 Å². The third-order valence-corrected chi connectivity index (χ3v) is 14.7. The van der Waals surface area contributed by atoms with Gasteiger partial charge in [-0.15, -0.1) is 0 Å². The highest BCUT2D eigenvalue weighted by molar-refractivity contribution is 7.99. The Morgan fingerprint density at radius 2 is 1.22 bits per heavy atom. The van der Waals surface area contributed by atoms with Crippen molar-refractivity contribution in [3.8, 4) is 0 Å². The fourth-order valence-corrected chi connectivity index (χ4v) is 7.88. The Morgan fingerprint density at radius 3 is 1.73 bits per heavy atom. The molecule has 0 saturated carbocycles. The van der Waals surface area contributed by atoms with Gasteiger partial charge in [0.25, 0.3) is 0 Å². The normalized spacial score (nSPS) is 15.3. The Kier molecular flexibility index (Phi) is 23.3. The van der Waals surface area contributed by atoms with E-state index < -0.39 is 21.7 Å². The molecule has 0 aliphatic heterocycles. The fourth-order valence-electron chi connectivity index (χ4n) is 3.93. The molecule has 0 fully saturated rings. The average molecular weight is 641 g/mol. The predicted octanol–water partition coefficient (Wildman–Crippen LogP) is 11.2. The zero-order chi connectivity index (χ0) is 31.3. The van der Waals surface area contributed by atoms with Gasteiger partial charge in [0.1, 0.15) is 0 Å². The van der Waals surface area contributed by atoms with Gasteiger partial charge in [-0.1, -0.05) is 92.4 Å². The Bertz CT molecular complexity index is 666. The first-order valence-electron chi connectivity index (χ1n) is 16.6. The molecule has 0 aliphatic rings. The lowest BCUT2D eigenvalue weighted by Gasteiger charge is -2.39. The largest absolute Gasteiger partial charge is 0.475 e. The number of thioether (sulfide) groups is 1. The number of phosphoric ester groups is 1. The van der Waals surface area contributed by atoms with Crippen molar-refractivity contribution in [3.05, 3.63) is 0 Å². The van der Waals surface area contributed by atoms with Crippen molar-refractivity contribution in [1.29, 1.82) is 0 Å². The van der Waals surface area contributed by atoms with E-state index in [1.165, 1.54) is 82.1 Å². The summed E-state index contributed by atoms with van der Waals surface area (Å²) in [6.45, 7) is 22.4. The monoisotopic (exact) mass is 640 g/mol. The molecule has 0 radical (unpaired) electrons. The molecular weight excluding hydrogens is 571 g/mol. The summed E-state index contributed by atoms with van der Waals surface area (Å²) in [6, 6.07) is 0. The summed E-state index contributed by atoms with van der Waals surface area (Å²) in [5.74, 6) is 2.65. The van der Waals surface area contributed by atoms with Crippen LogP contribution in [0.25, 0.3) is 0 Å². The van der Waals surface area contributed by atoms with E-state index in [0.717, 1.165) is 12.8 Å². The second kappa shape index (κ2) is 23.0. The lowest BCUT2D eigenvalue weighted by atomic mass is 10.1. The molecule has 2 atom stereocenters. The van der Waals surface area contributed by atoms with E-state index in [4.69, 9.17) is 22.7 Å². The molecule has 9 heteroatoms. The molecule has 0 saturated heterocycles. The summed E-state index contributed by atoms with van der Waals surface area (Å²) in [4.78, 5) is 0. The number of rotatable bonds is 27. The van der Waals surface area contributed by atoms with Crippen molar-refractivity contribution in [1.82, 2.24) is 0 Å². The van der Waals surface area contributed by atoms with Gasteiger partial charge in [-0.3, -0.25) is 13.6 Å². The van der Waals surface area contributed by atoms with Crippen molar-refractivity contribution in [3.63, 3.8) is 0 Å². The van der Waals surface area contributed by atoms with E-state index in [9.17, 15) is 4.57 Å². The zero-order valence-corrected chi connectivity index (χ0v) is 31.5. The maximum atomic E-state index is 13.3. The standard InChI is InChI=1S/C32H69O6PSSi/c1-11-13-14-15-19-22-26-40-27-23-20-17-16-18-21-25-34-28-30(37-41(9,10)32(6,7)8)29-36-39(33,35-24-12-2)38-31(3,4)5/h30H,11-29H2,1-10H3. The molecule has 0 aromatic heterocycles. The highest BCUT2D eigenvalue weighted by atomic mass is 32.2. The Balaban J connectivity index is 4.39. The van der Waals surface area contributed by atoms with Gasteiger partial charge in [-0.05, 0) is 76.1 Å². The van der Waals surface area contributed by atoms with Crippen LogP contribution < -0.4 is 0 Å². The van der Waals surface area contributed by atoms with Crippen LogP contribution in [0.3, 0.4) is 0 Å². The number of phosphoric acid groups is 1. The van der Waals surface area contributed by atoms with Crippen LogP contribution in [0.4, 0.5) is 0 Å². The Morgan fingerprint density at radius 1 is 0.683 bits per heavy atom. The minimum Gasteiger partial charge on any atom is -0.409 e. The van der Waals surface area contributed by atoms with E-state index in [2.05, 4.69) is 52.6 Å². The molecule has 0 aliphatic carbocycles. The fraction of sp³-hybridized carbons (Fsp3) is 1.00. The number of ether oxygens (including phenoxy) is 1. The third kappa shape index (κ3) is 23.6. The summed E-state index contributed by atoms with van der Waals surface area (Å²) in [5.41, 5.74) is -0.651. The van der Waals surface area contributed by atoms with Crippen molar-refractivity contribution < 1.29 is 27.3 Å².